The lowest BCUT2D eigenvalue weighted by atomic mass is 9.71. The molecule has 1 heterocycles. The molecule has 0 aliphatic heterocycles. The van der Waals surface area contributed by atoms with E-state index in [0.29, 0.717) is 6.42 Å². The van der Waals surface area contributed by atoms with Crippen molar-refractivity contribution < 1.29 is 14.7 Å². The Labute approximate surface area is 118 Å². The Morgan fingerprint density at radius 3 is 2.95 bits per heavy atom. The molecular formula is C15H20N2O3. The molecule has 1 fully saturated rings. The van der Waals surface area contributed by atoms with Gasteiger partial charge in [-0.05, 0) is 31.4 Å². The number of nitrogens with zero attached hydrogens (tertiary/aromatic N) is 1. The Hall–Kier alpha value is -1.91. The smallest absolute Gasteiger partial charge is 0.311 e. The highest BCUT2D eigenvalue weighted by Crippen LogP contribution is 2.36. The summed E-state index contributed by atoms with van der Waals surface area (Å²) in [5.41, 5.74) is -0.0270. The number of rotatable bonds is 4. The molecule has 1 amide bonds. The zero-order chi connectivity index (χ0) is 14.6. The minimum atomic E-state index is -0.858. The van der Waals surface area contributed by atoms with E-state index in [0.717, 1.165) is 24.8 Å². The minimum Gasteiger partial charge on any atom is -0.481 e. The van der Waals surface area contributed by atoms with Crippen molar-refractivity contribution in [2.45, 2.75) is 45.1 Å². The standard InChI is InChI=1S/C15H20N2O3/c1-15(14(19)20)7-3-2-6-12(15)17-13(18)9-11-5-4-8-16-10-11/h4-5,8,10,12H,2-3,6-7,9H2,1H3,(H,17,18)(H,19,20). The molecule has 2 unspecified atom stereocenters. The maximum Gasteiger partial charge on any atom is 0.311 e. The van der Waals surface area contributed by atoms with Crippen LogP contribution in [-0.4, -0.2) is 28.0 Å². The van der Waals surface area contributed by atoms with Crippen molar-refractivity contribution in [3.63, 3.8) is 0 Å². The quantitative estimate of drug-likeness (QED) is 0.878. The van der Waals surface area contributed by atoms with Gasteiger partial charge < -0.3 is 10.4 Å². The largest absolute Gasteiger partial charge is 0.481 e. The van der Waals surface area contributed by atoms with Crippen molar-refractivity contribution in [2.24, 2.45) is 5.41 Å². The summed E-state index contributed by atoms with van der Waals surface area (Å²) in [6.07, 6.45) is 6.74. The van der Waals surface area contributed by atoms with Gasteiger partial charge in [-0.2, -0.15) is 0 Å². The van der Waals surface area contributed by atoms with Gasteiger partial charge in [-0.3, -0.25) is 14.6 Å². The number of aliphatic carboxylic acids is 1. The first kappa shape index (κ1) is 14.5. The molecule has 0 aromatic carbocycles. The average Bonchev–Trinajstić information content (AvgIpc) is 2.42. The van der Waals surface area contributed by atoms with Crippen LogP contribution < -0.4 is 5.32 Å². The third kappa shape index (κ3) is 3.15. The van der Waals surface area contributed by atoms with E-state index in [1.54, 1.807) is 25.4 Å². The lowest BCUT2D eigenvalue weighted by molar-refractivity contribution is -0.152. The second kappa shape index (κ2) is 6.03. The van der Waals surface area contributed by atoms with Crippen LogP contribution >= 0.6 is 0 Å². The van der Waals surface area contributed by atoms with Crippen LogP contribution in [0.4, 0.5) is 0 Å². The van der Waals surface area contributed by atoms with E-state index in [9.17, 15) is 14.7 Å². The molecule has 0 bridgehead atoms. The lowest BCUT2D eigenvalue weighted by Gasteiger charge is -2.38. The first-order valence-corrected chi connectivity index (χ1v) is 6.94. The second-order valence-corrected chi connectivity index (χ2v) is 5.63. The fourth-order valence-corrected chi connectivity index (χ4v) is 2.75. The van der Waals surface area contributed by atoms with Crippen LogP contribution in [0.3, 0.4) is 0 Å². The van der Waals surface area contributed by atoms with Gasteiger partial charge >= 0.3 is 5.97 Å². The topological polar surface area (TPSA) is 79.3 Å². The van der Waals surface area contributed by atoms with Gasteiger partial charge in [-0.1, -0.05) is 18.9 Å². The molecule has 108 valence electrons. The van der Waals surface area contributed by atoms with Crippen LogP contribution in [-0.2, 0) is 16.0 Å². The molecule has 1 aliphatic carbocycles. The van der Waals surface area contributed by atoms with Gasteiger partial charge in [0.1, 0.15) is 0 Å². The molecule has 2 N–H and O–H groups in total. The number of amides is 1. The Balaban J connectivity index is 2.00. The van der Waals surface area contributed by atoms with Gasteiger partial charge in [0, 0.05) is 18.4 Å². The fourth-order valence-electron chi connectivity index (χ4n) is 2.75. The summed E-state index contributed by atoms with van der Waals surface area (Å²) < 4.78 is 0. The van der Waals surface area contributed by atoms with Gasteiger partial charge in [0.05, 0.1) is 11.8 Å². The van der Waals surface area contributed by atoms with E-state index < -0.39 is 11.4 Å². The maximum absolute atomic E-state index is 12.1. The highest BCUT2D eigenvalue weighted by atomic mass is 16.4. The monoisotopic (exact) mass is 276 g/mol. The fraction of sp³-hybridized carbons (Fsp3) is 0.533. The number of hydrogen-bond acceptors (Lipinski definition) is 3. The third-order valence-corrected chi connectivity index (χ3v) is 4.12. The highest BCUT2D eigenvalue weighted by molar-refractivity contribution is 5.81. The Bertz CT molecular complexity index is 489. The van der Waals surface area contributed by atoms with Crippen molar-refractivity contribution in [2.75, 3.05) is 0 Å². The van der Waals surface area contributed by atoms with Gasteiger partial charge in [0.25, 0.3) is 0 Å². The Morgan fingerprint density at radius 1 is 1.50 bits per heavy atom. The molecule has 1 saturated carbocycles. The Kier molecular flexibility index (Phi) is 4.37. The molecule has 1 aromatic heterocycles. The van der Waals surface area contributed by atoms with Gasteiger partial charge in [0.2, 0.25) is 5.91 Å². The molecule has 2 atom stereocenters. The SMILES string of the molecule is CC1(C(=O)O)CCCCC1NC(=O)Cc1cccnc1. The second-order valence-electron chi connectivity index (χ2n) is 5.63. The van der Waals surface area contributed by atoms with E-state index in [1.807, 2.05) is 6.07 Å². The number of nitrogens with one attached hydrogen (secondary N) is 1. The minimum absolute atomic E-state index is 0.141. The van der Waals surface area contributed by atoms with Gasteiger partial charge in [-0.15, -0.1) is 0 Å². The summed E-state index contributed by atoms with van der Waals surface area (Å²) in [6.45, 7) is 1.73. The van der Waals surface area contributed by atoms with Crippen LogP contribution in [0.15, 0.2) is 24.5 Å². The van der Waals surface area contributed by atoms with Gasteiger partial charge in [-0.25, -0.2) is 0 Å². The van der Waals surface area contributed by atoms with Crippen LogP contribution in [0.1, 0.15) is 38.2 Å². The van der Waals surface area contributed by atoms with E-state index in [2.05, 4.69) is 10.3 Å². The zero-order valence-corrected chi connectivity index (χ0v) is 11.6. The van der Waals surface area contributed by atoms with E-state index in [4.69, 9.17) is 0 Å². The first-order chi connectivity index (χ1) is 9.52. The molecule has 0 radical (unpaired) electrons. The highest BCUT2D eigenvalue weighted by Gasteiger charge is 2.43. The van der Waals surface area contributed by atoms with Crippen LogP contribution in [0.5, 0.6) is 0 Å². The molecule has 1 aromatic rings. The van der Waals surface area contributed by atoms with E-state index in [-0.39, 0.29) is 18.4 Å². The van der Waals surface area contributed by atoms with Gasteiger partial charge in [0.15, 0.2) is 0 Å². The molecule has 5 heteroatoms. The van der Waals surface area contributed by atoms with Crippen molar-refractivity contribution >= 4 is 11.9 Å². The number of carboxylic acid groups (broad SMARTS) is 1. The van der Waals surface area contributed by atoms with Crippen LogP contribution in [0.2, 0.25) is 0 Å². The molecule has 0 saturated heterocycles. The predicted octanol–water partition coefficient (Wildman–Crippen LogP) is 1.77. The van der Waals surface area contributed by atoms with Crippen molar-refractivity contribution in [3.8, 4) is 0 Å². The van der Waals surface area contributed by atoms with E-state index >= 15 is 0 Å². The molecule has 20 heavy (non-hydrogen) atoms. The number of hydrogen-bond donors (Lipinski definition) is 2. The summed E-state index contributed by atoms with van der Waals surface area (Å²) in [6, 6.07) is 3.33. The van der Waals surface area contributed by atoms with Crippen LogP contribution in [0.25, 0.3) is 0 Å². The number of aromatic nitrogens is 1. The third-order valence-electron chi connectivity index (χ3n) is 4.12. The average molecular weight is 276 g/mol. The number of carboxylic acids is 1. The maximum atomic E-state index is 12.1. The molecule has 0 spiro atoms. The molecule has 2 rings (SSSR count). The van der Waals surface area contributed by atoms with E-state index in [1.165, 1.54) is 0 Å². The Morgan fingerprint density at radius 2 is 2.30 bits per heavy atom. The normalized spacial score (nSPS) is 25.9. The molecular weight excluding hydrogens is 256 g/mol. The zero-order valence-electron chi connectivity index (χ0n) is 11.6. The lowest BCUT2D eigenvalue weighted by Crippen LogP contribution is -2.52. The predicted molar refractivity (Wildman–Crippen MR) is 74.1 cm³/mol. The summed E-state index contributed by atoms with van der Waals surface area (Å²) in [7, 11) is 0. The summed E-state index contributed by atoms with van der Waals surface area (Å²) >= 11 is 0. The first-order valence-electron chi connectivity index (χ1n) is 6.94. The number of pyridine rings is 1. The van der Waals surface area contributed by atoms with Crippen molar-refractivity contribution in [1.29, 1.82) is 0 Å². The van der Waals surface area contributed by atoms with Crippen molar-refractivity contribution in [1.82, 2.24) is 10.3 Å². The summed E-state index contributed by atoms with van der Waals surface area (Å²) in [5, 5.41) is 12.3. The number of carbonyl (C=O) groups excluding carboxylic acids is 1. The molecule has 1 aliphatic rings. The molecule has 5 nitrogen and oxygen atoms in total. The van der Waals surface area contributed by atoms with Crippen molar-refractivity contribution in [3.05, 3.63) is 30.1 Å². The van der Waals surface area contributed by atoms with Crippen LogP contribution in [0, 0.1) is 5.41 Å². The summed E-state index contributed by atoms with van der Waals surface area (Å²) in [5.74, 6) is -0.971. The number of carbonyl (C=O) groups is 2. The summed E-state index contributed by atoms with van der Waals surface area (Å²) in [4.78, 5) is 27.5.